The van der Waals surface area contributed by atoms with Gasteiger partial charge in [0.25, 0.3) is 0 Å². The highest BCUT2D eigenvalue weighted by molar-refractivity contribution is 5.57. The van der Waals surface area contributed by atoms with Gasteiger partial charge < -0.3 is 15.4 Å². The third kappa shape index (κ3) is 3.01. The van der Waals surface area contributed by atoms with Crippen molar-refractivity contribution >= 4 is 5.69 Å². The van der Waals surface area contributed by atoms with Gasteiger partial charge in [0.15, 0.2) is 0 Å². The fourth-order valence-electron chi connectivity index (χ4n) is 2.35. The fourth-order valence-corrected chi connectivity index (χ4v) is 2.35. The van der Waals surface area contributed by atoms with Gasteiger partial charge in [0.2, 0.25) is 0 Å². The SMILES string of the molecule is COC1CCN(c2ccc(CN)cc2C(F)(F)F)C1. The van der Waals surface area contributed by atoms with Crippen LogP contribution in [-0.4, -0.2) is 26.3 Å². The second-order valence-corrected chi connectivity index (χ2v) is 4.65. The third-order valence-electron chi connectivity index (χ3n) is 3.42. The number of rotatable bonds is 3. The van der Waals surface area contributed by atoms with Gasteiger partial charge in [-0.25, -0.2) is 0 Å². The summed E-state index contributed by atoms with van der Waals surface area (Å²) in [6.45, 7) is 1.16. The third-order valence-corrected chi connectivity index (χ3v) is 3.42. The molecule has 1 saturated heterocycles. The highest BCUT2D eigenvalue weighted by atomic mass is 19.4. The largest absolute Gasteiger partial charge is 0.418 e. The molecule has 19 heavy (non-hydrogen) atoms. The minimum Gasteiger partial charge on any atom is -0.380 e. The Balaban J connectivity index is 2.34. The number of methoxy groups -OCH3 is 1. The van der Waals surface area contributed by atoms with E-state index in [0.717, 1.165) is 12.5 Å². The number of benzene rings is 1. The Morgan fingerprint density at radius 2 is 2.16 bits per heavy atom. The lowest BCUT2D eigenvalue weighted by atomic mass is 10.1. The van der Waals surface area contributed by atoms with Crippen molar-refractivity contribution in [1.29, 1.82) is 0 Å². The Bertz CT molecular complexity index is 448. The molecule has 0 aromatic heterocycles. The smallest absolute Gasteiger partial charge is 0.380 e. The van der Waals surface area contributed by atoms with Crippen molar-refractivity contribution in [2.45, 2.75) is 25.2 Å². The van der Waals surface area contributed by atoms with Crippen LogP contribution in [0.25, 0.3) is 0 Å². The molecule has 1 unspecified atom stereocenters. The number of ether oxygens (including phenoxy) is 1. The zero-order valence-corrected chi connectivity index (χ0v) is 10.7. The monoisotopic (exact) mass is 274 g/mol. The molecule has 3 nitrogen and oxygen atoms in total. The standard InChI is InChI=1S/C13H17F3N2O/c1-19-10-4-5-18(8-10)12-3-2-9(7-17)6-11(12)13(14,15)16/h2-3,6,10H,4-5,7-8,17H2,1H3. The van der Waals surface area contributed by atoms with Gasteiger partial charge in [-0.3, -0.25) is 0 Å². The normalized spacial score (nSPS) is 20.1. The molecule has 0 radical (unpaired) electrons. The van der Waals surface area contributed by atoms with Crippen LogP contribution in [-0.2, 0) is 17.5 Å². The van der Waals surface area contributed by atoms with Crippen LogP contribution in [0.2, 0.25) is 0 Å². The van der Waals surface area contributed by atoms with Crippen molar-refractivity contribution in [3.8, 4) is 0 Å². The topological polar surface area (TPSA) is 38.5 Å². The lowest BCUT2D eigenvalue weighted by Gasteiger charge is -2.23. The van der Waals surface area contributed by atoms with Gasteiger partial charge >= 0.3 is 6.18 Å². The molecule has 1 fully saturated rings. The van der Waals surface area contributed by atoms with E-state index in [1.165, 1.54) is 6.07 Å². The van der Waals surface area contributed by atoms with E-state index < -0.39 is 11.7 Å². The van der Waals surface area contributed by atoms with E-state index in [1.54, 1.807) is 18.1 Å². The van der Waals surface area contributed by atoms with E-state index in [2.05, 4.69) is 0 Å². The first-order valence-corrected chi connectivity index (χ1v) is 6.13. The molecule has 1 aliphatic heterocycles. The summed E-state index contributed by atoms with van der Waals surface area (Å²) in [5.41, 5.74) is 5.49. The number of nitrogens with two attached hydrogens (primary N) is 1. The highest BCUT2D eigenvalue weighted by Gasteiger charge is 2.36. The van der Waals surface area contributed by atoms with Crippen molar-refractivity contribution in [1.82, 2.24) is 0 Å². The molecule has 1 aromatic carbocycles. The van der Waals surface area contributed by atoms with Gasteiger partial charge in [0.1, 0.15) is 0 Å². The summed E-state index contributed by atoms with van der Waals surface area (Å²) in [5, 5.41) is 0. The van der Waals surface area contributed by atoms with Crippen LogP contribution in [0.4, 0.5) is 18.9 Å². The number of nitrogens with zero attached hydrogens (tertiary/aromatic N) is 1. The first-order valence-electron chi connectivity index (χ1n) is 6.13. The minimum atomic E-state index is -4.37. The molecule has 1 aliphatic rings. The first kappa shape index (κ1) is 14.1. The summed E-state index contributed by atoms with van der Waals surface area (Å²) in [7, 11) is 1.58. The summed E-state index contributed by atoms with van der Waals surface area (Å²) in [5.74, 6) is 0. The molecule has 2 N–H and O–H groups in total. The van der Waals surface area contributed by atoms with Crippen LogP contribution in [0.3, 0.4) is 0 Å². The number of anilines is 1. The van der Waals surface area contributed by atoms with E-state index in [9.17, 15) is 13.2 Å². The lowest BCUT2D eigenvalue weighted by Crippen LogP contribution is -2.25. The lowest BCUT2D eigenvalue weighted by molar-refractivity contribution is -0.137. The molecule has 0 spiro atoms. The maximum Gasteiger partial charge on any atom is 0.418 e. The van der Waals surface area contributed by atoms with Crippen molar-refractivity contribution in [3.05, 3.63) is 29.3 Å². The highest BCUT2D eigenvalue weighted by Crippen LogP contribution is 2.38. The zero-order chi connectivity index (χ0) is 14.0. The summed E-state index contributed by atoms with van der Waals surface area (Å²) in [4.78, 5) is 1.72. The molecule has 1 heterocycles. The maximum atomic E-state index is 13.1. The van der Waals surface area contributed by atoms with Gasteiger partial charge in [0.05, 0.1) is 11.7 Å². The average molecular weight is 274 g/mol. The molecule has 1 aromatic rings. The van der Waals surface area contributed by atoms with E-state index in [1.807, 2.05) is 0 Å². The Kier molecular flexibility index (Phi) is 4.01. The molecular weight excluding hydrogens is 257 g/mol. The molecule has 0 amide bonds. The van der Waals surface area contributed by atoms with E-state index in [4.69, 9.17) is 10.5 Å². The Hall–Kier alpha value is -1.27. The van der Waals surface area contributed by atoms with E-state index in [0.29, 0.717) is 18.7 Å². The second kappa shape index (κ2) is 5.38. The van der Waals surface area contributed by atoms with Crippen molar-refractivity contribution in [2.24, 2.45) is 5.73 Å². The van der Waals surface area contributed by atoms with Crippen molar-refractivity contribution < 1.29 is 17.9 Å². The number of alkyl halides is 3. The van der Waals surface area contributed by atoms with Gasteiger partial charge in [-0.15, -0.1) is 0 Å². The summed E-state index contributed by atoms with van der Waals surface area (Å²) >= 11 is 0. The number of hydrogen-bond donors (Lipinski definition) is 1. The minimum absolute atomic E-state index is 0.00438. The molecule has 2 rings (SSSR count). The second-order valence-electron chi connectivity index (χ2n) is 4.65. The molecule has 0 aliphatic carbocycles. The Morgan fingerprint density at radius 1 is 1.42 bits per heavy atom. The first-order chi connectivity index (χ1) is 8.95. The quantitative estimate of drug-likeness (QED) is 0.919. The van der Waals surface area contributed by atoms with E-state index in [-0.39, 0.29) is 18.3 Å². The van der Waals surface area contributed by atoms with Crippen molar-refractivity contribution in [2.75, 3.05) is 25.1 Å². The Morgan fingerprint density at radius 3 is 2.68 bits per heavy atom. The summed E-state index contributed by atoms with van der Waals surface area (Å²) in [6, 6.07) is 4.28. The van der Waals surface area contributed by atoms with Crippen LogP contribution in [0.15, 0.2) is 18.2 Å². The molecule has 6 heteroatoms. The van der Waals surface area contributed by atoms with Crippen LogP contribution in [0, 0.1) is 0 Å². The van der Waals surface area contributed by atoms with Gasteiger partial charge in [-0.1, -0.05) is 6.07 Å². The van der Waals surface area contributed by atoms with Gasteiger partial charge in [0, 0.05) is 32.4 Å². The van der Waals surface area contributed by atoms with Crippen LogP contribution in [0.5, 0.6) is 0 Å². The predicted molar refractivity (Wildman–Crippen MR) is 67.0 cm³/mol. The summed E-state index contributed by atoms with van der Waals surface area (Å²) in [6.07, 6.45) is -3.63. The molecular formula is C13H17F3N2O. The van der Waals surface area contributed by atoms with Gasteiger partial charge in [-0.05, 0) is 24.1 Å². The van der Waals surface area contributed by atoms with E-state index >= 15 is 0 Å². The average Bonchev–Trinajstić information content (AvgIpc) is 2.85. The molecule has 0 saturated carbocycles. The summed E-state index contributed by atoms with van der Waals surface area (Å²) < 4.78 is 44.5. The predicted octanol–water partition coefficient (Wildman–Crippen LogP) is 2.39. The molecule has 0 bridgehead atoms. The zero-order valence-electron chi connectivity index (χ0n) is 10.7. The number of halogens is 3. The van der Waals surface area contributed by atoms with Crippen molar-refractivity contribution in [3.63, 3.8) is 0 Å². The van der Waals surface area contributed by atoms with Gasteiger partial charge in [-0.2, -0.15) is 13.2 Å². The number of hydrogen-bond acceptors (Lipinski definition) is 3. The van der Waals surface area contributed by atoms with Crippen LogP contribution >= 0.6 is 0 Å². The van der Waals surface area contributed by atoms with Crippen LogP contribution < -0.4 is 10.6 Å². The maximum absolute atomic E-state index is 13.1. The Labute approximate surface area is 110 Å². The molecule has 1 atom stereocenters. The van der Waals surface area contributed by atoms with Crippen LogP contribution in [0.1, 0.15) is 17.5 Å². The molecule has 106 valence electrons. The fraction of sp³-hybridized carbons (Fsp3) is 0.538.